The summed E-state index contributed by atoms with van der Waals surface area (Å²) in [5, 5.41) is 3.45. The summed E-state index contributed by atoms with van der Waals surface area (Å²) in [5.41, 5.74) is 2.09. The van der Waals surface area contributed by atoms with E-state index in [4.69, 9.17) is 4.42 Å². The summed E-state index contributed by atoms with van der Waals surface area (Å²) in [6, 6.07) is 7.91. The highest BCUT2D eigenvalue weighted by molar-refractivity contribution is 5.96. The van der Waals surface area contributed by atoms with Crippen LogP contribution in [0, 0.1) is 6.92 Å². The van der Waals surface area contributed by atoms with Crippen molar-refractivity contribution < 1.29 is 9.21 Å². The van der Waals surface area contributed by atoms with Crippen LogP contribution in [0.5, 0.6) is 0 Å². The lowest BCUT2D eigenvalue weighted by Crippen LogP contribution is -2.38. The van der Waals surface area contributed by atoms with Crippen molar-refractivity contribution in [2.75, 3.05) is 11.9 Å². The minimum absolute atomic E-state index is 0.0212. The molecule has 1 N–H and O–H groups in total. The van der Waals surface area contributed by atoms with Crippen molar-refractivity contribution in [2.24, 2.45) is 0 Å². The van der Waals surface area contributed by atoms with Crippen LogP contribution >= 0.6 is 0 Å². The van der Waals surface area contributed by atoms with E-state index in [0.29, 0.717) is 12.3 Å². The van der Waals surface area contributed by atoms with E-state index in [1.54, 1.807) is 11.1 Å². The number of carbonyl (C=O) groups excluding carboxylic acids is 1. The van der Waals surface area contributed by atoms with Gasteiger partial charge in [0.15, 0.2) is 0 Å². The summed E-state index contributed by atoms with van der Waals surface area (Å²) in [6.07, 6.45) is 2.15. The monoisotopic (exact) mass is 285 g/mol. The van der Waals surface area contributed by atoms with Gasteiger partial charge in [-0.2, -0.15) is 0 Å². The Morgan fingerprint density at radius 2 is 2.19 bits per heavy atom. The van der Waals surface area contributed by atoms with E-state index >= 15 is 0 Å². The molecule has 2 atom stereocenters. The molecule has 2 aromatic rings. The number of fused-ring (bicyclic) bond motifs is 1. The topological polar surface area (TPSA) is 58.4 Å². The second-order valence-electron chi connectivity index (χ2n) is 5.47. The normalized spacial score (nSPS) is 19.5. The fraction of sp³-hybridized carbons (Fsp3) is 0.375. The number of oxazole rings is 1. The lowest BCUT2D eigenvalue weighted by molar-refractivity contribution is -0.119. The second-order valence-corrected chi connectivity index (χ2v) is 5.47. The average molecular weight is 285 g/mol. The van der Waals surface area contributed by atoms with Crippen LogP contribution in [0.2, 0.25) is 0 Å². The molecule has 0 radical (unpaired) electrons. The molecule has 0 fully saturated rings. The molecule has 0 saturated heterocycles. The number of aromatic nitrogens is 1. The molecule has 21 heavy (non-hydrogen) atoms. The minimum atomic E-state index is -0.0482. The van der Waals surface area contributed by atoms with Crippen LogP contribution < -0.4 is 10.2 Å². The fourth-order valence-electron chi connectivity index (χ4n) is 2.74. The highest BCUT2D eigenvalue weighted by Crippen LogP contribution is 2.34. The molecule has 5 heteroatoms. The summed E-state index contributed by atoms with van der Waals surface area (Å²) >= 11 is 0. The Labute approximate surface area is 124 Å². The Hall–Kier alpha value is -2.14. The van der Waals surface area contributed by atoms with Crippen LogP contribution in [0.1, 0.15) is 42.6 Å². The van der Waals surface area contributed by atoms with Crippen molar-refractivity contribution in [2.45, 2.75) is 32.4 Å². The maximum atomic E-state index is 12.1. The zero-order chi connectivity index (χ0) is 15.0. The smallest absolute Gasteiger partial charge is 0.228 e. The lowest BCUT2D eigenvalue weighted by Gasteiger charge is -2.33. The van der Waals surface area contributed by atoms with Gasteiger partial charge in [-0.25, -0.2) is 4.98 Å². The molecule has 2 heterocycles. The zero-order valence-corrected chi connectivity index (χ0v) is 12.5. The van der Waals surface area contributed by atoms with Crippen molar-refractivity contribution in [3.8, 4) is 0 Å². The van der Waals surface area contributed by atoms with E-state index in [1.807, 2.05) is 39.1 Å². The highest BCUT2D eigenvalue weighted by atomic mass is 16.4. The molecule has 1 aromatic heterocycles. The van der Waals surface area contributed by atoms with Crippen molar-refractivity contribution in [1.29, 1.82) is 0 Å². The van der Waals surface area contributed by atoms with Gasteiger partial charge in [0.25, 0.3) is 0 Å². The molecule has 2 unspecified atom stereocenters. The third kappa shape index (κ3) is 2.56. The number of amides is 1. The van der Waals surface area contributed by atoms with Crippen molar-refractivity contribution >= 4 is 11.6 Å². The summed E-state index contributed by atoms with van der Waals surface area (Å²) in [7, 11) is 1.82. The molecule has 0 saturated carbocycles. The molecule has 1 aliphatic rings. The molecule has 1 aliphatic heterocycles. The Kier molecular flexibility index (Phi) is 3.51. The third-order valence-electron chi connectivity index (χ3n) is 3.89. The maximum Gasteiger partial charge on any atom is 0.228 e. The van der Waals surface area contributed by atoms with E-state index in [-0.39, 0.29) is 18.0 Å². The van der Waals surface area contributed by atoms with E-state index in [1.165, 1.54) is 0 Å². The number of nitrogens with zero attached hydrogens (tertiary/aromatic N) is 2. The molecule has 1 amide bonds. The number of para-hydroxylation sites is 1. The first kappa shape index (κ1) is 13.8. The number of aryl methyl sites for hydroxylation is 1. The predicted molar refractivity (Wildman–Crippen MR) is 80.0 cm³/mol. The number of carbonyl (C=O) groups is 1. The summed E-state index contributed by atoms with van der Waals surface area (Å²) < 4.78 is 5.55. The minimum Gasteiger partial charge on any atom is -0.444 e. The van der Waals surface area contributed by atoms with Gasteiger partial charge in [-0.3, -0.25) is 10.1 Å². The number of anilines is 1. The Morgan fingerprint density at radius 3 is 2.90 bits per heavy atom. The number of hydrogen-bond donors (Lipinski definition) is 1. The zero-order valence-electron chi connectivity index (χ0n) is 12.5. The van der Waals surface area contributed by atoms with Crippen molar-refractivity contribution in [3.63, 3.8) is 0 Å². The molecule has 5 nitrogen and oxygen atoms in total. The number of benzene rings is 1. The van der Waals surface area contributed by atoms with Gasteiger partial charge in [-0.1, -0.05) is 18.2 Å². The quantitative estimate of drug-likeness (QED) is 0.942. The van der Waals surface area contributed by atoms with Gasteiger partial charge >= 0.3 is 0 Å². The third-order valence-corrected chi connectivity index (χ3v) is 3.89. The highest BCUT2D eigenvalue weighted by Gasteiger charge is 2.30. The van der Waals surface area contributed by atoms with Crippen molar-refractivity contribution in [3.05, 3.63) is 47.7 Å². The van der Waals surface area contributed by atoms with Gasteiger partial charge in [0.1, 0.15) is 5.76 Å². The first-order valence-electron chi connectivity index (χ1n) is 7.10. The molecule has 0 bridgehead atoms. The van der Waals surface area contributed by atoms with Gasteiger partial charge in [0, 0.05) is 25.2 Å². The second kappa shape index (κ2) is 5.33. The summed E-state index contributed by atoms with van der Waals surface area (Å²) in [5.74, 6) is 1.55. The largest absolute Gasteiger partial charge is 0.444 e. The van der Waals surface area contributed by atoms with Crippen LogP contribution in [-0.2, 0) is 4.79 Å². The predicted octanol–water partition coefficient (Wildman–Crippen LogP) is 2.74. The van der Waals surface area contributed by atoms with E-state index in [2.05, 4.69) is 16.4 Å². The molecule has 3 rings (SSSR count). The molecule has 0 aliphatic carbocycles. The first-order valence-corrected chi connectivity index (χ1v) is 7.10. The van der Waals surface area contributed by atoms with E-state index in [0.717, 1.165) is 17.0 Å². The molecule has 0 spiro atoms. The molecule has 110 valence electrons. The van der Waals surface area contributed by atoms with Gasteiger partial charge in [0.2, 0.25) is 11.8 Å². The van der Waals surface area contributed by atoms with Gasteiger partial charge in [0.05, 0.1) is 12.2 Å². The van der Waals surface area contributed by atoms with Crippen LogP contribution in [0.3, 0.4) is 0 Å². The van der Waals surface area contributed by atoms with E-state index < -0.39 is 0 Å². The van der Waals surface area contributed by atoms with Crippen LogP contribution in [-0.4, -0.2) is 17.9 Å². The molecule has 1 aromatic carbocycles. The number of nitrogens with one attached hydrogen (secondary N) is 1. The molecular formula is C16H19N3O2. The Morgan fingerprint density at radius 1 is 1.43 bits per heavy atom. The number of hydrogen-bond acceptors (Lipinski definition) is 4. The average Bonchev–Trinajstić information content (AvgIpc) is 2.91. The number of rotatable bonds is 3. The first-order chi connectivity index (χ1) is 10.1. The Balaban J connectivity index is 1.86. The van der Waals surface area contributed by atoms with Crippen LogP contribution in [0.4, 0.5) is 5.69 Å². The van der Waals surface area contributed by atoms with Crippen LogP contribution in [0.15, 0.2) is 34.9 Å². The SMILES string of the molecule is Cc1cnc(C(C)NC2CC(=O)N(C)c3ccccc32)o1. The standard InChI is InChI=1S/C16H19N3O2/c1-10-9-17-16(21-10)11(2)18-13-8-15(20)19(3)14-7-5-4-6-12(13)14/h4-7,9,11,13,18H,8H2,1-3H3. The van der Waals surface area contributed by atoms with E-state index in [9.17, 15) is 4.79 Å². The lowest BCUT2D eigenvalue weighted by atomic mass is 9.95. The van der Waals surface area contributed by atoms with Gasteiger partial charge < -0.3 is 9.32 Å². The summed E-state index contributed by atoms with van der Waals surface area (Å²) in [4.78, 5) is 18.1. The Bertz CT molecular complexity index is 665. The molecular weight excluding hydrogens is 266 g/mol. The summed E-state index contributed by atoms with van der Waals surface area (Å²) in [6.45, 7) is 3.87. The maximum absolute atomic E-state index is 12.1. The fourth-order valence-corrected chi connectivity index (χ4v) is 2.74. The van der Waals surface area contributed by atoms with Gasteiger partial charge in [-0.15, -0.1) is 0 Å². The van der Waals surface area contributed by atoms with Crippen molar-refractivity contribution in [1.82, 2.24) is 10.3 Å². The van der Waals surface area contributed by atoms with Gasteiger partial charge in [-0.05, 0) is 25.5 Å². The van der Waals surface area contributed by atoms with Crippen LogP contribution in [0.25, 0.3) is 0 Å².